The Morgan fingerprint density at radius 3 is 2.85 bits per heavy atom. The molecule has 0 saturated carbocycles. The van der Waals surface area contributed by atoms with E-state index in [1.807, 2.05) is 11.8 Å². The second-order valence-corrected chi connectivity index (χ2v) is 4.15. The molecule has 1 aliphatic heterocycles. The summed E-state index contributed by atoms with van der Waals surface area (Å²) >= 11 is 1.93. The van der Waals surface area contributed by atoms with Crippen molar-refractivity contribution in [2.45, 2.75) is 12.8 Å². The number of rotatable bonds is 3. The summed E-state index contributed by atoms with van der Waals surface area (Å²) in [5, 5.41) is 11.1. The standard InChI is InChI=1S/C9H15NO2S/c11-4-3-10-9(12)7-8-1-5-13-6-2-8/h7,11H,1-6H2,(H,10,12). The molecule has 0 radical (unpaired) electrons. The molecule has 0 unspecified atom stereocenters. The highest BCUT2D eigenvalue weighted by molar-refractivity contribution is 7.99. The molecule has 0 aromatic heterocycles. The maximum absolute atomic E-state index is 11.2. The van der Waals surface area contributed by atoms with Gasteiger partial charge in [-0.05, 0) is 24.3 Å². The smallest absolute Gasteiger partial charge is 0.244 e. The van der Waals surface area contributed by atoms with Gasteiger partial charge in [-0.25, -0.2) is 0 Å². The first-order valence-corrected chi connectivity index (χ1v) is 5.64. The molecule has 74 valence electrons. The number of amides is 1. The van der Waals surface area contributed by atoms with Crippen molar-refractivity contribution in [3.8, 4) is 0 Å². The fourth-order valence-corrected chi connectivity index (χ4v) is 2.21. The predicted molar refractivity (Wildman–Crippen MR) is 54.7 cm³/mol. The van der Waals surface area contributed by atoms with Gasteiger partial charge in [-0.3, -0.25) is 4.79 Å². The van der Waals surface area contributed by atoms with E-state index in [1.165, 1.54) is 5.57 Å². The lowest BCUT2D eigenvalue weighted by Crippen LogP contribution is -2.25. The van der Waals surface area contributed by atoms with E-state index < -0.39 is 0 Å². The Morgan fingerprint density at radius 1 is 1.54 bits per heavy atom. The van der Waals surface area contributed by atoms with E-state index >= 15 is 0 Å². The van der Waals surface area contributed by atoms with E-state index in [0.29, 0.717) is 6.54 Å². The SMILES string of the molecule is O=C(C=C1CCSCC1)NCCO. The van der Waals surface area contributed by atoms with Gasteiger partial charge in [0.05, 0.1) is 6.61 Å². The predicted octanol–water partition coefficient (Wildman–Crippen LogP) is 0.548. The van der Waals surface area contributed by atoms with E-state index in [4.69, 9.17) is 5.11 Å². The van der Waals surface area contributed by atoms with Crippen LogP contribution in [0, 0.1) is 0 Å². The Bertz CT molecular complexity index is 196. The Morgan fingerprint density at radius 2 is 2.23 bits per heavy atom. The minimum Gasteiger partial charge on any atom is -0.395 e. The Balaban J connectivity index is 2.30. The molecule has 1 aliphatic rings. The van der Waals surface area contributed by atoms with E-state index in [-0.39, 0.29) is 12.5 Å². The number of nitrogens with one attached hydrogen (secondary N) is 1. The Kier molecular flexibility index (Phi) is 4.93. The van der Waals surface area contributed by atoms with Crippen LogP contribution in [0.4, 0.5) is 0 Å². The van der Waals surface area contributed by atoms with Crippen LogP contribution in [0.3, 0.4) is 0 Å². The van der Waals surface area contributed by atoms with Crippen LogP contribution in [0.2, 0.25) is 0 Å². The van der Waals surface area contributed by atoms with E-state index in [0.717, 1.165) is 24.3 Å². The highest BCUT2D eigenvalue weighted by Gasteiger charge is 2.06. The van der Waals surface area contributed by atoms with Crippen molar-refractivity contribution in [1.82, 2.24) is 5.32 Å². The van der Waals surface area contributed by atoms with Gasteiger partial charge in [-0.15, -0.1) is 0 Å². The number of carbonyl (C=O) groups is 1. The molecular weight excluding hydrogens is 186 g/mol. The molecule has 4 heteroatoms. The summed E-state index contributed by atoms with van der Waals surface area (Å²) in [6.45, 7) is 0.349. The van der Waals surface area contributed by atoms with Crippen molar-refractivity contribution in [1.29, 1.82) is 0 Å². The molecule has 0 aromatic carbocycles. The normalized spacial score (nSPS) is 16.8. The Hall–Kier alpha value is -0.480. The number of carbonyl (C=O) groups excluding carboxylic acids is 1. The van der Waals surface area contributed by atoms with Gasteiger partial charge in [-0.1, -0.05) is 5.57 Å². The first-order valence-electron chi connectivity index (χ1n) is 4.49. The van der Waals surface area contributed by atoms with Crippen molar-refractivity contribution in [3.05, 3.63) is 11.6 Å². The van der Waals surface area contributed by atoms with Crippen molar-refractivity contribution in [2.24, 2.45) is 0 Å². The first-order chi connectivity index (χ1) is 6.33. The van der Waals surface area contributed by atoms with Crippen molar-refractivity contribution in [2.75, 3.05) is 24.7 Å². The summed E-state index contributed by atoms with van der Waals surface area (Å²) in [5.74, 6) is 2.18. The van der Waals surface area contributed by atoms with Gasteiger partial charge in [-0.2, -0.15) is 11.8 Å². The summed E-state index contributed by atoms with van der Waals surface area (Å²) in [7, 11) is 0. The van der Waals surface area contributed by atoms with Crippen LogP contribution in [0.5, 0.6) is 0 Å². The molecule has 0 atom stereocenters. The number of aliphatic hydroxyl groups is 1. The topological polar surface area (TPSA) is 49.3 Å². The average Bonchev–Trinajstić information content (AvgIpc) is 2.16. The van der Waals surface area contributed by atoms with Gasteiger partial charge in [0, 0.05) is 12.6 Å². The van der Waals surface area contributed by atoms with Crippen molar-refractivity contribution < 1.29 is 9.90 Å². The lowest BCUT2D eigenvalue weighted by atomic mass is 10.1. The molecule has 2 N–H and O–H groups in total. The van der Waals surface area contributed by atoms with E-state index in [1.54, 1.807) is 6.08 Å². The lowest BCUT2D eigenvalue weighted by molar-refractivity contribution is -0.116. The number of allylic oxidation sites excluding steroid dienone is 1. The molecule has 3 nitrogen and oxygen atoms in total. The van der Waals surface area contributed by atoms with Crippen LogP contribution in [-0.4, -0.2) is 35.7 Å². The second kappa shape index (κ2) is 6.05. The molecule has 0 aromatic rings. The first kappa shape index (κ1) is 10.6. The average molecular weight is 201 g/mol. The molecule has 1 heterocycles. The third-order valence-corrected chi connectivity index (χ3v) is 2.87. The van der Waals surface area contributed by atoms with Crippen molar-refractivity contribution >= 4 is 17.7 Å². The number of hydrogen-bond acceptors (Lipinski definition) is 3. The summed E-state index contributed by atoms with van der Waals surface area (Å²) in [5.41, 5.74) is 1.23. The third-order valence-electron chi connectivity index (χ3n) is 1.88. The number of hydrogen-bond donors (Lipinski definition) is 2. The molecule has 1 amide bonds. The minimum absolute atomic E-state index is 0.00473. The van der Waals surface area contributed by atoms with Crippen LogP contribution >= 0.6 is 11.8 Å². The van der Waals surface area contributed by atoms with Crippen LogP contribution in [0.1, 0.15) is 12.8 Å². The summed E-state index contributed by atoms with van der Waals surface area (Å²) < 4.78 is 0. The highest BCUT2D eigenvalue weighted by atomic mass is 32.2. The zero-order valence-corrected chi connectivity index (χ0v) is 8.40. The Labute approximate surface area is 82.6 Å². The van der Waals surface area contributed by atoms with E-state index in [2.05, 4.69) is 5.32 Å². The van der Waals surface area contributed by atoms with Crippen LogP contribution < -0.4 is 5.32 Å². The maximum atomic E-state index is 11.2. The van der Waals surface area contributed by atoms with Crippen LogP contribution in [0.25, 0.3) is 0 Å². The monoisotopic (exact) mass is 201 g/mol. The molecule has 0 spiro atoms. The number of aliphatic hydroxyl groups excluding tert-OH is 1. The lowest BCUT2D eigenvalue weighted by Gasteiger charge is -2.12. The van der Waals surface area contributed by atoms with Gasteiger partial charge in [0.25, 0.3) is 0 Å². The summed E-state index contributed by atoms with van der Waals surface area (Å²) in [6, 6.07) is 0. The summed E-state index contributed by atoms with van der Waals surface area (Å²) in [6.07, 6.45) is 3.73. The van der Waals surface area contributed by atoms with Crippen LogP contribution in [-0.2, 0) is 4.79 Å². The molecule has 1 rings (SSSR count). The van der Waals surface area contributed by atoms with Gasteiger partial charge >= 0.3 is 0 Å². The minimum atomic E-state index is -0.0732. The van der Waals surface area contributed by atoms with Gasteiger partial charge in [0.2, 0.25) is 5.91 Å². The molecule has 1 saturated heterocycles. The fraction of sp³-hybridized carbons (Fsp3) is 0.667. The zero-order valence-electron chi connectivity index (χ0n) is 7.58. The largest absolute Gasteiger partial charge is 0.395 e. The third kappa shape index (κ3) is 4.33. The zero-order chi connectivity index (χ0) is 9.52. The van der Waals surface area contributed by atoms with Gasteiger partial charge < -0.3 is 10.4 Å². The molecule has 13 heavy (non-hydrogen) atoms. The van der Waals surface area contributed by atoms with Gasteiger partial charge in [0.15, 0.2) is 0 Å². The molecule has 1 fully saturated rings. The van der Waals surface area contributed by atoms with Crippen molar-refractivity contribution in [3.63, 3.8) is 0 Å². The fourth-order valence-electron chi connectivity index (χ4n) is 1.19. The van der Waals surface area contributed by atoms with E-state index in [9.17, 15) is 4.79 Å². The highest BCUT2D eigenvalue weighted by Crippen LogP contribution is 2.21. The molecule has 0 aliphatic carbocycles. The number of thioether (sulfide) groups is 1. The second-order valence-electron chi connectivity index (χ2n) is 2.93. The molecular formula is C9H15NO2S. The molecule has 0 bridgehead atoms. The van der Waals surface area contributed by atoms with Crippen LogP contribution in [0.15, 0.2) is 11.6 Å². The summed E-state index contributed by atoms with van der Waals surface area (Å²) in [4.78, 5) is 11.2. The van der Waals surface area contributed by atoms with Gasteiger partial charge in [0.1, 0.15) is 0 Å². The quantitative estimate of drug-likeness (QED) is 0.656. The maximum Gasteiger partial charge on any atom is 0.244 e.